The standard InChI is InChI=1S/C14H22N2S/c1-14(6-7-15-10-14)11-16-8-2-4-12(16)13-5-3-9-17-13/h3,5,9,12,15H,2,4,6-8,10-11H2,1H3. The molecule has 0 saturated carbocycles. The summed E-state index contributed by atoms with van der Waals surface area (Å²) in [6.07, 6.45) is 4.05. The van der Waals surface area contributed by atoms with Gasteiger partial charge in [-0.05, 0) is 49.2 Å². The van der Waals surface area contributed by atoms with Gasteiger partial charge in [0.1, 0.15) is 0 Å². The first kappa shape index (κ1) is 11.7. The maximum Gasteiger partial charge on any atom is 0.0442 e. The minimum atomic E-state index is 0.500. The molecule has 2 saturated heterocycles. The molecule has 2 unspecified atom stereocenters. The fourth-order valence-corrected chi connectivity index (χ4v) is 4.21. The van der Waals surface area contributed by atoms with Gasteiger partial charge in [0.25, 0.3) is 0 Å². The average Bonchev–Trinajstić information content (AvgIpc) is 2.98. The molecule has 0 aromatic carbocycles. The van der Waals surface area contributed by atoms with E-state index in [2.05, 4.69) is 34.7 Å². The number of nitrogens with zero attached hydrogens (tertiary/aromatic N) is 1. The zero-order chi connectivity index (χ0) is 11.7. The lowest BCUT2D eigenvalue weighted by Gasteiger charge is -2.32. The molecule has 3 rings (SSSR count). The molecule has 2 fully saturated rings. The fourth-order valence-electron chi connectivity index (χ4n) is 3.31. The van der Waals surface area contributed by atoms with Crippen LogP contribution < -0.4 is 5.32 Å². The van der Waals surface area contributed by atoms with Gasteiger partial charge in [0, 0.05) is 24.0 Å². The van der Waals surface area contributed by atoms with Crippen LogP contribution in [0.5, 0.6) is 0 Å². The number of hydrogen-bond donors (Lipinski definition) is 1. The molecule has 17 heavy (non-hydrogen) atoms. The van der Waals surface area contributed by atoms with Crippen LogP contribution in [0.25, 0.3) is 0 Å². The highest BCUT2D eigenvalue weighted by molar-refractivity contribution is 7.10. The number of nitrogens with one attached hydrogen (secondary N) is 1. The van der Waals surface area contributed by atoms with E-state index in [9.17, 15) is 0 Å². The van der Waals surface area contributed by atoms with Crippen molar-refractivity contribution >= 4 is 11.3 Å². The first-order chi connectivity index (χ1) is 8.27. The van der Waals surface area contributed by atoms with Crippen LogP contribution in [0.15, 0.2) is 17.5 Å². The zero-order valence-corrected chi connectivity index (χ0v) is 11.4. The summed E-state index contributed by atoms with van der Waals surface area (Å²) in [7, 11) is 0. The molecule has 2 aliphatic rings. The lowest BCUT2D eigenvalue weighted by atomic mass is 9.89. The molecule has 0 aliphatic carbocycles. The predicted molar refractivity (Wildman–Crippen MR) is 73.5 cm³/mol. The molecular formula is C14H22N2S. The molecular weight excluding hydrogens is 228 g/mol. The van der Waals surface area contributed by atoms with Crippen molar-refractivity contribution in [3.63, 3.8) is 0 Å². The van der Waals surface area contributed by atoms with Gasteiger partial charge in [-0.25, -0.2) is 0 Å². The normalized spacial score (nSPS) is 34.5. The van der Waals surface area contributed by atoms with Gasteiger partial charge < -0.3 is 5.32 Å². The maximum absolute atomic E-state index is 3.51. The molecule has 0 amide bonds. The average molecular weight is 250 g/mol. The molecule has 3 heteroatoms. The van der Waals surface area contributed by atoms with Crippen molar-refractivity contribution in [1.82, 2.24) is 10.2 Å². The Morgan fingerprint density at radius 3 is 3.24 bits per heavy atom. The van der Waals surface area contributed by atoms with Crippen molar-refractivity contribution in [2.75, 3.05) is 26.2 Å². The Morgan fingerprint density at radius 1 is 1.59 bits per heavy atom. The van der Waals surface area contributed by atoms with Crippen LogP contribution in [0.3, 0.4) is 0 Å². The molecule has 1 aromatic heterocycles. The van der Waals surface area contributed by atoms with Crippen molar-refractivity contribution in [1.29, 1.82) is 0 Å². The number of thiophene rings is 1. The minimum absolute atomic E-state index is 0.500. The van der Waals surface area contributed by atoms with E-state index in [0.29, 0.717) is 11.5 Å². The molecule has 0 spiro atoms. The molecule has 3 heterocycles. The van der Waals surface area contributed by atoms with Crippen LogP contribution in [0.2, 0.25) is 0 Å². The van der Waals surface area contributed by atoms with Gasteiger partial charge in [0.05, 0.1) is 0 Å². The molecule has 1 aromatic rings. The van der Waals surface area contributed by atoms with Gasteiger partial charge in [-0.2, -0.15) is 0 Å². The SMILES string of the molecule is CC1(CN2CCCC2c2cccs2)CCNC1. The third kappa shape index (κ3) is 2.42. The molecule has 0 bridgehead atoms. The van der Waals surface area contributed by atoms with Gasteiger partial charge in [-0.15, -0.1) is 11.3 Å². The summed E-state index contributed by atoms with van der Waals surface area (Å²) >= 11 is 1.92. The highest BCUT2D eigenvalue weighted by atomic mass is 32.1. The van der Waals surface area contributed by atoms with Crippen LogP contribution in [0.4, 0.5) is 0 Å². The zero-order valence-electron chi connectivity index (χ0n) is 10.6. The fraction of sp³-hybridized carbons (Fsp3) is 0.714. The summed E-state index contributed by atoms with van der Waals surface area (Å²) in [5.74, 6) is 0. The number of hydrogen-bond acceptors (Lipinski definition) is 3. The Kier molecular flexibility index (Phi) is 3.24. The van der Waals surface area contributed by atoms with Gasteiger partial charge in [0.15, 0.2) is 0 Å². The summed E-state index contributed by atoms with van der Waals surface area (Å²) in [4.78, 5) is 4.29. The second kappa shape index (κ2) is 4.71. The van der Waals surface area contributed by atoms with Gasteiger partial charge in [0.2, 0.25) is 0 Å². The predicted octanol–water partition coefficient (Wildman–Crippen LogP) is 2.88. The Balaban J connectivity index is 1.70. The number of rotatable bonds is 3. The van der Waals surface area contributed by atoms with E-state index in [0.717, 1.165) is 0 Å². The monoisotopic (exact) mass is 250 g/mol. The third-order valence-electron chi connectivity index (χ3n) is 4.28. The molecule has 94 valence electrons. The summed E-state index contributed by atoms with van der Waals surface area (Å²) in [5, 5.41) is 5.73. The Hall–Kier alpha value is -0.380. The van der Waals surface area contributed by atoms with E-state index < -0.39 is 0 Å². The Bertz CT molecular complexity index is 354. The van der Waals surface area contributed by atoms with Crippen molar-refractivity contribution in [3.8, 4) is 0 Å². The van der Waals surface area contributed by atoms with Crippen LogP contribution in [0.1, 0.15) is 37.1 Å². The number of likely N-dealkylation sites (tertiary alicyclic amines) is 1. The van der Waals surface area contributed by atoms with E-state index in [1.54, 1.807) is 4.88 Å². The van der Waals surface area contributed by atoms with E-state index >= 15 is 0 Å². The topological polar surface area (TPSA) is 15.3 Å². The van der Waals surface area contributed by atoms with Crippen molar-refractivity contribution < 1.29 is 0 Å². The van der Waals surface area contributed by atoms with Gasteiger partial charge >= 0.3 is 0 Å². The smallest absolute Gasteiger partial charge is 0.0442 e. The third-order valence-corrected chi connectivity index (χ3v) is 5.25. The van der Waals surface area contributed by atoms with Gasteiger partial charge in [-0.3, -0.25) is 4.90 Å². The van der Waals surface area contributed by atoms with Crippen molar-refractivity contribution in [2.45, 2.75) is 32.2 Å². The lowest BCUT2D eigenvalue weighted by Crippen LogP contribution is -2.36. The first-order valence-electron chi connectivity index (χ1n) is 6.75. The maximum atomic E-state index is 3.51. The van der Waals surface area contributed by atoms with E-state index in [4.69, 9.17) is 0 Å². The van der Waals surface area contributed by atoms with Crippen LogP contribution in [0, 0.1) is 5.41 Å². The first-order valence-corrected chi connectivity index (χ1v) is 7.63. The minimum Gasteiger partial charge on any atom is -0.316 e. The van der Waals surface area contributed by atoms with E-state index in [-0.39, 0.29) is 0 Å². The lowest BCUT2D eigenvalue weighted by molar-refractivity contribution is 0.167. The summed E-state index contributed by atoms with van der Waals surface area (Å²) in [5.41, 5.74) is 0.500. The summed E-state index contributed by atoms with van der Waals surface area (Å²) in [6, 6.07) is 5.20. The molecule has 1 N–H and O–H groups in total. The Morgan fingerprint density at radius 2 is 2.53 bits per heavy atom. The van der Waals surface area contributed by atoms with Crippen LogP contribution in [-0.4, -0.2) is 31.1 Å². The summed E-state index contributed by atoms with van der Waals surface area (Å²) in [6.45, 7) is 7.40. The summed E-state index contributed by atoms with van der Waals surface area (Å²) < 4.78 is 0. The van der Waals surface area contributed by atoms with Gasteiger partial charge in [-0.1, -0.05) is 13.0 Å². The second-order valence-electron chi connectivity index (χ2n) is 5.88. The van der Waals surface area contributed by atoms with E-state index in [1.165, 1.54) is 45.4 Å². The second-order valence-corrected chi connectivity index (χ2v) is 6.86. The molecule has 2 atom stereocenters. The quantitative estimate of drug-likeness (QED) is 0.887. The van der Waals surface area contributed by atoms with Crippen molar-refractivity contribution in [2.24, 2.45) is 5.41 Å². The molecule has 2 nitrogen and oxygen atoms in total. The highest BCUT2D eigenvalue weighted by Gasteiger charge is 2.35. The van der Waals surface area contributed by atoms with Crippen molar-refractivity contribution in [3.05, 3.63) is 22.4 Å². The largest absolute Gasteiger partial charge is 0.316 e. The van der Waals surface area contributed by atoms with Crippen LogP contribution >= 0.6 is 11.3 Å². The Labute approximate surface area is 108 Å². The van der Waals surface area contributed by atoms with E-state index in [1.807, 2.05) is 11.3 Å². The highest BCUT2D eigenvalue weighted by Crippen LogP contribution is 2.37. The molecule has 2 aliphatic heterocycles. The van der Waals surface area contributed by atoms with Crippen LogP contribution in [-0.2, 0) is 0 Å². The molecule has 0 radical (unpaired) electrons.